The van der Waals surface area contributed by atoms with E-state index < -0.39 is 5.82 Å². The van der Waals surface area contributed by atoms with Gasteiger partial charge in [-0.2, -0.15) is 0 Å². The lowest BCUT2D eigenvalue weighted by molar-refractivity contribution is 0.103. The van der Waals surface area contributed by atoms with E-state index in [-0.39, 0.29) is 27.8 Å². The van der Waals surface area contributed by atoms with Crippen molar-refractivity contribution < 1.29 is 13.6 Å². The Hall–Kier alpha value is -2.72. The predicted octanol–water partition coefficient (Wildman–Crippen LogP) is 6.21. The SMILES string of the molecule is Cc1cc(F)ccc1Nc1ccc(C(=O)c2cccc(F)c2C)c(Cl)c1. The van der Waals surface area contributed by atoms with Crippen LogP contribution in [0.1, 0.15) is 27.0 Å². The molecule has 0 saturated carbocycles. The van der Waals surface area contributed by atoms with Gasteiger partial charge in [0.2, 0.25) is 0 Å². The summed E-state index contributed by atoms with van der Waals surface area (Å²) in [5, 5.41) is 3.40. The van der Waals surface area contributed by atoms with Crippen molar-refractivity contribution in [2.45, 2.75) is 13.8 Å². The van der Waals surface area contributed by atoms with E-state index in [1.165, 1.54) is 24.3 Å². The number of aryl methyl sites for hydroxylation is 1. The molecular weight excluding hydrogens is 356 g/mol. The van der Waals surface area contributed by atoms with Crippen LogP contribution >= 0.6 is 11.6 Å². The Labute approximate surface area is 155 Å². The highest BCUT2D eigenvalue weighted by Gasteiger charge is 2.17. The Morgan fingerprint density at radius 1 is 0.962 bits per heavy atom. The zero-order valence-corrected chi connectivity index (χ0v) is 15.0. The fourth-order valence-electron chi connectivity index (χ4n) is 2.70. The largest absolute Gasteiger partial charge is 0.355 e. The van der Waals surface area contributed by atoms with Crippen LogP contribution in [0.2, 0.25) is 5.02 Å². The Bertz CT molecular complexity index is 1000. The second-order valence-corrected chi connectivity index (χ2v) is 6.43. The molecule has 0 bridgehead atoms. The Kier molecular flexibility index (Phi) is 5.05. The van der Waals surface area contributed by atoms with Crippen molar-refractivity contribution in [1.82, 2.24) is 0 Å². The van der Waals surface area contributed by atoms with Crippen molar-refractivity contribution in [3.63, 3.8) is 0 Å². The topological polar surface area (TPSA) is 29.1 Å². The molecule has 0 aromatic heterocycles. The molecule has 0 aliphatic carbocycles. The third kappa shape index (κ3) is 3.60. The van der Waals surface area contributed by atoms with Crippen LogP contribution in [0, 0.1) is 25.5 Å². The van der Waals surface area contributed by atoms with Gasteiger partial charge >= 0.3 is 0 Å². The van der Waals surface area contributed by atoms with Crippen LogP contribution in [0.5, 0.6) is 0 Å². The summed E-state index contributed by atoms with van der Waals surface area (Å²) in [6, 6.07) is 13.7. The fourth-order valence-corrected chi connectivity index (χ4v) is 2.96. The van der Waals surface area contributed by atoms with Crippen LogP contribution in [-0.4, -0.2) is 5.78 Å². The molecule has 0 unspecified atom stereocenters. The van der Waals surface area contributed by atoms with Gasteiger partial charge in [0.1, 0.15) is 11.6 Å². The highest BCUT2D eigenvalue weighted by molar-refractivity contribution is 6.35. The van der Waals surface area contributed by atoms with Crippen LogP contribution in [0.15, 0.2) is 54.6 Å². The van der Waals surface area contributed by atoms with Crippen molar-refractivity contribution in [2.24, 2.45) is 0 Å². The van der Waals surface area contributed by atoms with Gasteiger partial charge in [-0.3, -0.25) is 4.79 Å². The minimum Gasteiger partial charge on any atom is -0.355 e. The summed E-state index contributed by atoms with van der Waals surface area (Å²) in [6.07, 6.45) is 0. The molecule has 0 heterocycles. The number of ketones is 1. The van der Waals surface area contributed by atoms with Crippen molar-refractivity contribution in [3.8, 4) is 0 Å². The number of nitrogens with one attached hydrogen (secondary N) is 1. The first kappa shape index (κ1) is 18.1. The summed E-state index contributed by atoms with van der Waals surface area (Å²) in [4.78, 5) is 12.7. The molecule has 0 amide bonds. The number of anilines is 2. The summed E-state index contributed by atoms with van der Waals surface area (Å²) in [7, 11) is 0. The average molecular weight is 372 g/mol. The molecule has 132 valence electrons. The number of benzene rings is 3. The fraction of sp³-hybridized carbons (Fsp3) is 0.0952. The predicted molar refractivity (Wildman–Crippen MR) is 100 cm³/mol. The summed E-state index contributed by atoms with van der Waals surface area (Å²) >= 11 is 6.28. The lowest BCUT2D eigenvalue weighted by Crippen LogP contribution is -2.06. The van der Waals surface area contributed by atoms with Crippen molar-refractivity contribution in [2.75, 3.05) is 5.32 Å². The third-order valence-corrected chi connectivity index (χ3v) is 4.51. The van der Waals surface area contributed by atoms with Crippen molar-refractivity contribution in [1.29, 1.82) is 0 Å². The van der Waals surface area contributed by atoms with Gasteiger partial charge in [-0.1, -0.05) is 23.7 Å². The minimum absolute atomic E-state index is 0.253. The Balaban J connectivity index is 1.90. The van der Waals surface area contributed by atoms with Crippen LogP contribution in [0.25, 0.3) is 0 Å². The maximum Gasteiger partial charge on any atom is 0.194 e. The summed E-state index contributed by atoms with van der Waals surface area (Å²) in [5.41, 5.74) is 3.01. The molecule has 5 heteroatoms. The Morgan fingerprint density at radius 3 is 2.42 bits per heavy atom. The summed E-state index contributed by atoms with van der Waals surface area (Å²) < 4.78 is 26.9. The van der Waals surface area contributed by atoms with Gasteiger partial charge < -0.3 is 5.32 Å². The van der Waals surface area contributed by atoms with Crippen molar-refractivity contribution >= 4 is 28.8 Å². The van der Waals surface area contributed by atoms with E-state index in [1.807, 2.05) is 0 Å². The molecule has 0 spiro atoms. The van der Waals surface area contributed by atoms with E-state index in [0.29, 0.717) is 11.3 Å². The molecule has 0 aliphatic rings. The first-order valence-corrected chi connectivity index (χ1v) is 8.37. The van der Waals surface area contributed by atoms with Crippen molar-refractivity contribution in [3.05, 3.63) is 93.5 Å². The standard InChI is InChI=1S/C21H16ClF2NO/c1-12-10-14(23)6-9-20(12)25-15-7-8-17(18(22)11-15)21(26)16-4-3-5-19(24)13(16)2/h3-11,25H,1-2H3. The molecular formula is C21H16ClF2NO. The van der Waals surface area contributed by atoms with E-state index >= 15 is 0 Å². The molecule has 3 aromatic carbocycles. The first-order valence-electron chi connectivity index (χ1n) is 7.99. The van der Waals surface area contributed by atoms with E-state index in [0.717, 1.165) is 11.3 Å². The lowest BCUT2D eigenvalue weighted by atomic mass is 9.98. The van der Waals surface area contributed by atoms with Crippen LogP contribution in [-0.2, 0) is 0 Å². The van der Waals surface area contributed by atoms with Gasteiger partial charge in [-0.15, -0.1) is 0 Å². The number of hydrogen-bond donors (Lipinski definition) is 1. The van der Waals surface area contributed by atoms with E-state index in [4.69, 9.17) is 11.6 Å². The lowest BCUT2D eigenvalue weighted by Gasteiger charge is -2.12. The highest BCUT2D eigenvalue weighted by atomic mass is 35.5. The van der Waals surface area contributed by atoms with Crippen LogP contribution < -0.4 is 5.32 Å². The van der Waals surface area contributed by atoms with Gasteiger partial charge in [0.05, 0.1) is 5.02 Å². The number of hydrogen-bond acceptors (Lipinski definition) is 2. The maximum atomic E-state index is 13.7. The summed E-state index contributed by atoms with van der Waals surface area (Å²) in [5.74, 6) is -1.08. The normalized spacial score (nSPS) is 10.7. The number of carbonyl (C=O) groups is 1. The van der Waals surface area contributed by atoms with Gasteiger partial charge in [0.25, 0.3) is 0 Å². The van der Waals surface area contributed by atoms with Gasteiger partial charge in [0.15, 0.2) is 5.78 Å². The second-order valence-electron chi connectivity index (χ2n) is 6.02. The molecule has 26 heavy (non-hydrogen) atoms. The molecule has 2 nitrogen and oxygen atoms in total. The molecule has 0 aliphatic heterocycles. The van der Waals surface area contributed by atoms with Crippen LogP contribution in [0.4, 0.5) is 20.2 Å². The van der Waals surface area contributed by atoms with E-state index in [2.05, 4.69) is 5.32 Å². The maximum absolute atomic E-state index is 13.7. The van der Waals surface area contributed by atoms with E-state index in [1.54, 1.807) is 44.2 Å². The first-order chi connectivity index (χ1) is 12.4. The molecule has 0 saturated heterocycles. The quantitative estimate of drug-likeness (QED) is 0.552. The molecule has 0 fully saturated rings. The Morgan fingerprint density at radius 2 is 1.73 bits per heavy atom. The van der Waals surface area contributed by atoms with E-state index in [9.17, 15) is 13.6 Å². The minimum atomic E-state index is -0.433. The molecule has 1 N–H and O–H groups in total. The smallest absolute Gasteiger partial charge is 0.194 e. The summed E-state index contributed by atoms with van der Waals surface area (Å²) in [6.45, 7) is 3.35. The number of carbonyl (C=O) groups excluding carboxylic acids is 1. The molecule has 3 aromatic rings. The molecule has 3 rings (SSSR count). The third-order valence-electron chi connectivity index (χ3n) is 4.19. The molecule has 0 atom stereocenters. The number of rotatable bonds is 4. The molecule has 0 radical (unpaired) electrons. The second kappa shape index (κ2) is 7.26. The van der Waals surface area contributed by atoms with Crippen LogP contribution in [0.3, 0.4) is 0 Å². The van der Waals surface area contributed by atoms with Gasteiger partial charge in [-0.05, 0) is 67.4 Å². The zero-order chi connectivity index (χ0) is 18.8. The monoisotopic (exact) mass is 371 g/mol. The van der Waals surface area contributed by atoms with Gasteiger partial charge in [-0.25, -0.2) is 8.78 Å². The number of halogens is 3. The highest BCUT2D eigenvalue weighted by Crippen LogP contribution is 2.28. The average Bonchev–Trinajstić information content (AvgIpc) is 2.59. The van der Waals surface area contributed by atoms with Gasteiger partial charge in [0, 0.05) is 22.5 Å². The zero-order valence-electron chi connectivity index (χ0n) is 14.2.